The van der Waals surface area contributed by atoms with E-state index in [1.54, 1.807) is 0 Å². The van der Waals surface area contributed by atoms with Crippen LogP contribution in [0.2, 0.25) is 0 Å². The van der Waals surface area contributed by atoms with Crippen LogP contribution in [0.4, 0.5) is 0 Å². The number of hydrogen-bond acceptors (Lipinski definition) is 6. The average Bonchev–Trinajstić information content (AvgIpc) is 2.85. The average molecular weight is 282 g/mol. The molecule has 1 aliphatic rings. The third-order valence-corrected chi connectivity index (χ3v) is 3.56. The van der Waals surface area contributed by atoms with E-state index in [0.29, 0.717) is 25.0 Å². The van der Waals surface area contributed by atoms with Crippen molar-refractivity contribution in [3.05, 3.63) is 11.7 Å². The molecule has 0 aliphatic carbocycles. The van der Waals surface area contributed by atoms with Gasteiger partial charge in [-0.1, -0.05) is 25.9 Å². The zero-order chi connectivity index (χ0) is 14.9. The van der Waals surface area contributed by atoms with Crippen molar-refractivity contribution in [2.45, 2.75) is 51.3 Å². The number of aromatic nitrogens is 2. The van der Waals surface area contributed by atoms with Crippen LogP contribution in [0.1, 0.15) is 38.9 Å². The van der Waals surface area contributed by atoms with Crippen LogP contribution in [0.25, 0.3) is 0 Å². The molecule has 6 heteroatoms. The lowest BCUT2D eigenvalue weighted by Gasteiger charge is -2.25. The minimum Gasteiger partial charge on any atom is -0.392 e. The Labute approximate surface area is 120 Å². The maximum Gasteiger partial charge on any atom is 0.240 e. The van der Waals surface area contributed by atoms with Gasteiger partial charge in [-0.15, -0.1) is 0 Å². The van der Waals surface area contributed by atoms with Gasteiger partial charge in [0, 0.05) is 24.5 Å². The van der Waals surface area contributed by atoms with E-state index in [1.807, 2.05) is 14.1 Å². The largest absolute Gasteiger partial charge is 0.392 e. The molecular weight excluding hydrogens is 256 g/mol. The molecular formula is C14H26N4O2. The van der Waals surface area contributed by atoms with Gasteiger partial charge >= 0.3 is 0 Å². The van der Waals surface area contributed by atoms with Crippen molar-refractivity contribution in [2.24, 2.45) is 0 Å². The summed E-state index contributed by atoms with van der Waals surface area (Å²) in [5.74, 6) is 1.36. The number of likely N-dealkylation sites (tertiary alicyclic amines) is 1. The summed E-state index contributed by atoms with van der Waals surface area (Å²) in [5.41, 5.74) is -0.102. The Morgan fingerprint density at radius 1 is 1.40 bits per heavy atom. The monoisotopic (exact) mass is 282 g/mol. The first-order valence-corrected chi connectivity index (χ1v) is 7.15. The zero-order valence-electron chi connectivity index (χ0n) is 13.1. The highest BCUT2D eigenvalue weighted by Crippen LogP contribution is 2.23. The van der Waals surface area contributed by atoms with Crippen LogP contribution in [0.3, 0.4) is 0 Å². The second-order valence-corrected chi connectivity index (χ2v) is 7.00. The van der Waals surface area contributed by atoms with Crippen molar-refractivity contribution in [3.63, 3.8) is 0 Å². The van der Waals surface area contributed by atoms with E-state index in [2.05, 4.69) is 40.7 Å². The highest BCUT2D eigenvalue weighted by molar-refractivity contribution is 5.00. The lowest BCUT2D eigenvalue weighted by atomic mass is 9.96. The number of nitrogens with zero attached hydrogens (tertiary/aromatic N) is 4. The molecule has 0 aromatic carbocycles. The molecule has 1 aliphatic heterocycles. The normalized spacial score (nSPS) is 24.8. The van der Waals surface area contributed by atoms with Gasteiger partial charge in [0.05, 0.1) is 12.6 Å². The lowest BCUT2D eigenvalue weighted by Crippen LogP contribution is -2.37. The van der Waals surface area contributed by atoms with Gasteiger partial charge in [-0.25, -0.2) is 0 Å². The third kappa shape index (κ3) is 3.77. The SMILES string of the molecule is CN(C)CC1CC(O)CN1Cc1nc(C(C)(C)C)no1. The van der Waals surface area contributed by atoms with Gasteiger partial charge in [-0.3, -0.25) is 4.90 Å². The van der Waals surface area contributed by atoms with Crippen molar-refractivity contribution in [3.8, 4) is 0 Å². The van der Waals surface area contributed by atoms with Crippen LogP contribution >= 0.6 is 0 Å². The van der Waals surface area contributed by atoms with Crippen LogP contribution in [-0.4, -0.2) is 64.4 Å². The quantitative estimate of drug-likeness (QED) is 0.884. The van der Waals surface area contributed by atoms with Crippen molar-refractivity contribution >= 4 is 0 Å². The summed E-state index contributed by atoms with van der Waals surface area (Å²) in [6.45, 7) is 8.41. The predicted molar refractivity (Wildman–Crippen MR) is 76.4 cm³/mol. The summed E-state index contributed by atoms with van der Waals surface area (Å²) < 4.78 is 5.34. The molecule has 1 fully saturated rings. The molecule has 1 saturated heterocycles. The fourth-order valence-corrected chi connectivity index (χ4v) is 2.56. The molecule has 2 rings (SSSR count). The summed E-state index contributed by atoms with van der Waals surface area (Å²) in [6, 6.07) is 0.338. The van der Waals surface area contributed by atoms with Gasteiger partial charge in [-0.05, 0) is 20.5 Å². The van der Waals surface area contributed by atoms with Crippen LogP contribution in [0.15, 0.2) is 4.52 Å². The van der Waals surface area contributed by atoms with E-state index in [-0.39, 0.29) is 11.5 Å². The fourth-order valence-electron chi connectivity index (χ4n) is 2.56. The Bertz CT molecular complexity index is 439. The third-order valence-electron chi connectivity index (χ3n) is 3.56. The first-order chi connectivity index (χ1) is 9.25. The first kappa shape index (κ1) is 15.4. The number of hydrogen-bond donors (Lipinski definition) is 1. The smallest absolute Gasteiger partial charge is 0.240 e. The van der Waals surface area contributed by atoms with Gasteiger partial charge in [0.15, 0.2) is 5.82 Å². The molecule has 1 aromatic heterocycles. The van der Waals surface area contributed by atoms with Crippen molar-refractivity contribution < 1.29 is 9.63 Å². The number of β-amino-alcohol motifs (C(OH)–C–C–N with tert-alkyl or cyclic N) is 1. The molecule has 1 aromatic rings. The van der Waals surface area contributed by atoms with Crippen molar-refractivity contribution in [2.75, 3.05) is 27.2 Å². The Hall–Kier alpha value is -0.980. The van der Waals surface area contributed by atoms with Gasteiger partial charge < -0.3 is 14.5 Å². The molecule has 2 atom stereocenters. The van der Waals surface area contributed by atoms with Crippen LogP contribution in [0, 0.1) is 0 Å². The predicted octanol–water partition coefficient (Wildman–Crippen LogP) is 0.864. The van der Waals surface area contributed by atoms with Gasteiger partial charge in [-0.2, -0.15) is 4.98 Å². The molecule has 6 nitrogen and oxygen atoms in total. The standard InChI is InChI=1S/C14H26N4O2/c1-14(2,3)13-15-12(20-16-13)9-18-8-11(19)6-10(18)7-17(4)5/h10-11,19H,6-9H2,1-5H3. The summed E-state index contributed by atoms with van der Waals surface area (Å²) in [5, 5.41) is 13.9. The highest BCUT2D eigenvalue weighted by atomic mass is 16.5. The zero-order valence-corrected chi connectivity index (χ0v) is 13.1. The van der Waals surface area contributed by atoms with E-state index in [1.165, 1.54) is 0 Å². The Kier molecular flexibility index (Phi) is 4.46. The topological polar surface area (TPSA) is 65.6 Å². The minimum absolute atomic E-state index is 0.102. The maximum atomic E-state index is 9.87. The minimum atomic E-state index is -0.259. The molecule has 0 amide bonds. The number of aliphatic hydroxyl groups is 1. The summed E-state index contributed by atoms with van der Waals surface area (Å²) >= 11 is 0. The molecule has 2 unspecified atom stereocenters. The fraction of sp³-hybridized carbons (Fsp3) is 0.857. The van der Waals surface area contributed by atoms with Gasteiger partial charge in [0.1, 0.15) is 0 Å². The molecule has 20 heavy (non-hydrogen) atoms. The molecule has 0 saturated carbocycles. The summed E-state index contributed by atoms with van der Waals surface area (Å²) in [7, 11) is 4.10. The summed E-state index contributed by atoms with van der Waals surface area (Å²) in [4.78, 5) is 8.84. The molecule has 114 valence electrons. The Morgan fingerprint density at radius 2 is 2.10 bits per heavy atom. The van der Waals surface area contributed by atoms with Crippen molar-refractivity contribution in [1.29, 1.82) is 0 Å². The van der Waals surface area contributed by atoms with Crippen LogP contribution < -0.4 is 0 Å². The first-order valence-electron chi connectivity index (χ1n) is 7.15. The lowest BCUT2D eigenvalue weighted by molar-refractivity contribution is 0.158. The summed E-state index contributed by atoms with van der Waals surface area (Å²) in [6.07, 6.45) is 0.545. The number of rotatable bonds is 4. The molecule has 1 N–H and O–H groups in total. The van der Waals surface area contributed by atoms with Crippen LogP contribution in [-0.2, 0) is 12.0 Å². The van der Waals surface area contributed by atoms with Gasteiger partial charge in [0.2, 0.25) is 5.89 Å². The Morgan fingerprint density at radius 3 is 2.65 bits per heavy atom. The second kappa shape index (κ2) is 5.79. The van der Waals surface area contributed by atoms with Crippen molar-refractivity contribution in [1.82, 2.24) is 19.9 Å². The molecule has 0 spiro atoms. The molecule has 0 radical (unpaired) electrons. The number of aliphatic hydroxyl groups excluding tert-OH is 1. The second-order valence-electron chi connectivity index (χ2n) is 7.00. The van der Waals surface area contributed by atoms with E-state index in [0.717, 1.165) is 18.8 Å². The molecule has 0 bridgehead atoms. The van der Waals surface area contributed by atoms with E-state index in [9.17, 15) is 5.11 Å². The number of likely N-dealkylation sites (N-methyl/N-ethyl adjacent to an activating group) is 1. The highest BCUT2D eigenvalue weighted by Gasteiger charge is 2.32. The van der Waals surface area contributed by atoms with Gasteiger partial charge in [0.25, 0.3) is 0 Å². The van der Waals surface area contributed by atoms with E-state index >= 15 is 0 Å². The van der Waals surface area contributed by atoms with Crippen LogP contribution in [0.5, 0.6) is 0 Å². The maximum absolute atomic E-state index is 9.87. The Balaban J connectivity index is 2.02. The van der Waals surface area contributed by atoms with E-state index < -0.39 is 0 Å². The van der Waals surface area contributed by atoms with E-state index in [4.69, 9.17) is 4.52 Å². The molecule has 2 heterocycles.